The fourth-order valence-corrected chi connectivity index (χ4v) is 3.11. The van der Waals surface area contributed by atoms with Crippen LogP contribution >= 0.6 is 0 Å². The summed E-state index contributed by atoms with van der Waals surface area (Å²) in [6, 6.07) is 8.04. The average molecular weight is 428 g/mol. The SMILES string of the molecule is COc1cc(OC)c(OC)cc1C=C1C(=O)NC(=O)N(CCc2ccc(F)cc2)C1=O. The maximum absolute atomic E-state index is 13.1. The molecule has 1 saturated heterocycles. The Bertz CT molecular complexity index is 1050. The highest BCUT2D eigenvalue weighted by molar-refractivity contribution is 6.31. The lowest BCUT2D eigenvalue weighted by Crippen LogP contribution is -2.54. The maximum Gasteiger partial charge on any atom is 0.331 e. The standard InChI is InChI=1S/C22H21FN2O6/c1-29-17-12-19(31-3)18(30-2)11-14(17)10-16-20(26)24-22(28)25(21(16)27)9-8-13-4-6-15(23)7-5-13/h4-7,10-12H,8-9H2,1-3H3,(H,24,26,28). The molecule has 9 heteroatoms. The first-order valence-electron chi connectivity index (χ1n) is 9.31. The van der Waals surface area contributed by atoms with Gasteiger partial charge in [0.25, 0.3) is 11.8 Å². The van der Waals surface area contributed by atoms with E-state index in [1.54, 1.807) is 24.3 Å². The first-order valence-corrected chi connectivity index (χ1v) is 9.31. The molecule has 0 aliphatic carbocycles. The Morgan fingerprint density at radius 3 is 2.16 bits per heavy atom. The molecule has 1 fully saturated rings. The van der Waals surface area contributed by atoms with Crippen LogP contribution in [0, 0.1) is 5.82 Å². The third-order valence-corrected chi connectivity index (χ3v) is 4.76. The summed E-state index contributed by atoms with van der Waals surface area (Å²) >= 11 is 0. The number of carbonyl (C=O) groups excluding carboxylic acids is 3. The van der Waals surface area contributed by atoms with Gasteiger partial charge in [-0.25, -0.2) is 9.18 Å². The number of benzene rings is 2. The van der Waals surface area contributed by atoms with Crippen molar-refractivity contribution in [2.24, 2.45) is 0 Å². The number of hydrogen-bond donors (Lipinski definition) is 1. The molecule has 2 aromatic carbocycles. The summed E-state index contributed by atoms with van der Waals surface area (Å²) in [7, 11) is 4.36. The lowest BCUT2D eigenvalue weighted by Gasteiger charge is -2.26. The highest BCUT2D eigenvalue weighted by Gasteiger charge is 2.35. The smallest absolute Gasteiger partial charge is 0.331 e. The van der Waals surface area contributed by atoms with E-state index in [1.807, 2.05) is 0 Å². The van der Waals surface area contributed by atoms with Crippen molar-refractivity contribution < 1.29 is 33.0 Å². The highest BCUT2D eigenvalue weighted by atomic mass is 19.1. The van der Waals surface area contributed by atoms with Crippen molar-refractivity contribution in [3.8, 4) is 17.2 Å². The first-order chi connectivity index (χ1) is 14.9. The molecule has 0 aromatic heterocycles. The van der Waals surface area contributed by atoms with Crippen LogP contribution in [0.4, 0.5) is 9.18 Å². The van der Waals surface area contributed by atoms with Crippen molar-refractivity contribution in [3.05, 3.63) is 58.9 Å². The Balaban J connectivity index is 1.90. The quantitative estimate of drug-likeness (QED) is 0.538. The van der Waals surface area contributed by atoms with E-state index >= 15 is 0 Å². The van der Waals surface area contributed by atoms with E-state index in [9.17, 15) is 18.8 Å². The van der Waals surface area contributed by atoms with Gasteiger partial charge < -0.3 is 14.2 Å². The summed E-state index contributed by atoms with van der Waals surface area (Å²) in [5.41, 5.74) is 0.904. The second kappa shape index (κ2) is 9.29. The fraction of sp³-hybridized carbons (Fsp3) is 0.227. The van der Waals surface area contributed by atoms with Crippen LogP contribution in [0.5, 0.6) is 17.2 Å². The van der Waals surface area contributed by atoms with Crippen molar-refractivity contribution in [1.29, 1.82) is 0 Å². The number of halogens is 1. The number of carbonyl (C=O) groups is 3. The van der Waals surface area contributed by atoms with Gasteiger partial charge in [-0.15, -0.1) is 0 Å². The minimum atomic E-state index is -0.815. The minimum Gasteiger partial charge on any atom is -0.496 e. The summed E-state index contributed by atoms with van der Waals surface area (Å²) in [6.45, 7) is 0.0178. The van der Waals surface area contributed by atoms with Crippen LogP contribution in [0.1, 0.15) is 11.1 Å². The Morgan fingerprint density at radius 1 is 0.935 bits per heavy atom. The molecule has 0 saturated carbocycles. The van der Waals surface area contributed by atoms with E-state index in [-0.39, 0.29) is 17.9 Å². The average Bonchev–Trinajstić information content (AvgIpc) is 2.77. The number of rotatable bonds is 7. The van der Waals surface area contributed by atoms with Crippen LogP contribution < -0.4 is 19.5 Å². The largest absolute Gasteiger partial charge is 0.496 e. The summed E-state index contributed by atoms with van der Waals surface area (Å²) in [5.74, 6) is -0.798. The van der Waals surface area contributed by atoms with Gasteiger partial charge in [0, 0.05) is 18.2 Å². The van der Waals surface area contributed by atoms with Gasteiger partial charge in [0.1, 0.15) is 17.1 Å². The summed E-state index contributed by atoms with van der Waals surface area (Å²) < 4.78 is 28.9. The zero-order valence-corrected chi connectivity index (χ0v) is 17.2. The third-order valence-electron chi connectivity index (χ3n) is 4.76. The maximum atomic E-state index is 13.1. The fourth-order valence-electron chi connectivity index (χ4n) is 3.11. The zero-order valence-electron chi connectivity index (χ0n) is 17.2. The molecule has 1 N–H and O–H groups in total. The van der Waals surface area contributed by atoms with E-state index in [1.165, 1.54) is 39.5 Å². The molecule has 2 aromatic rings. The predicted molar refractivity (Wildman–Crippen MR) is 109 cm³/mol. The lowest BCUT2D eigenvalue weighted by molar-refractivity contribution is -0.130. The molecular formula is C22H21FN2O6. The number of urea groups is 1. The van der Waals surface area contributed by atoms with Crippen LogP contribution in [-0.4, -0.2) is 50.6 Å². The molecule has 31 heavy (non-hydrogen) atoms. The van der Waals surface area contributed by atoms with Crippen LogP contribution in [0.3, 0.4) is 0 Å². The Kier molecular flexibility index (Phi) is 6.54. The van der Waals surface area contributed by atoms with E-state index in [0.29, 0.717) is 29.2 Å². The lowest BCUT2D eigenvalue weighted by atomic mass is 10.0. The Labute approximate surface area is 178 Å². The van der Waals surface area contributed by atoms with Gasteiger partial charge in [0.2, 0.25) is 0 Å². The van der Waals surface area contributed by atoms with Crippen molar-refractivity contribution in [1.82, 2.24) is 10.2 Å². The number of imide groups is 2. The number of ether oxygens (including phenoxy) is 3. The topological polar surface area (TPSA) is 94.2 Å². The highest BCUT2D eigenvalue weighted by Crippen LogP contribution is 2.36. The number of amides is 4. The van der Waals surface area contributed by atoms with Gasteiger partial charge in [-0.05, 0) is 36.3 Å². The van der Waals surface area contributed by atoms with E-state index in [0.717, 1.165) is 10.5 Å². The normalized spacial score (nSPS) is 15.2. The summed E-state index contributed by atoms with van der Waals surface area (Å²) in [5, 5.41) is 2.17. The molecule has 0 spiro atoms. The number of hydrogen-bond acceptors (Lipinski definition) is 6. The molecular weight excluding hydrogens is 407 g/mol. The second-order valence-corrected chi connectivity index (χ2v) is 6.60. The Hall–Kier alpha value is -3.88. The zero-order chi connectivity index (χ0) is 22.5. The molecule has 0 bridgehead atoms. The molecule has 162 valence electrons. The number of nitrogens with zero attached hydrogens (tertiary/aromatic N) is 1. The van der Waals surface area contributed by atoms with Gasteiger partial charge in [0.05, 0.1) is 21.3 Å². The monoisotopic (exact) mass is 428 g/mol. The molecule has 4 amide bonds. The molecule has 0 atom stereocenters. The molecule has 1 aliphatic rings. The van der Waals surface area contributed by atoms with Crippen LogP contribution in [0.15, 0.2) is 42.0 Å². The van der Waals surface area contributed by atoms with E-state index in [2.05, 4.69) is 5.32 Å². The van der Waals surface area contributed by atoms with Crippen LogP contribution in [0.2, 0.25) is 0 Å². The third kappa shape index (κ3) is 4.66. The van der Waals surface area contributed by atoms with Gasteiger partial charge in [0.15, 0.2) is 11.5 Å². The van der Waals surface area contributed by atoms with E-state index < -0.39 is 17.8 Å². The number of methoxy groups -OCH3 is 3. The van der Waals surface area contributed by atoms with Gasteiger partial charge in [-0.2, -0.15) is 0 Å². The van der Waals surface area contributed by atoms with E-state index in [4.69, 9.17) is 14.2 Å². The van der Waals surface area contributed by atoms with Crippen molar-refractivity contribution >= 4 is 23.9 Å². The number of nitrogens with one attached hydrogen (secondary N) is 1. The molecule has 8 nitrogen and oxygen atoms in total. The molecule has 0 radical (unpaired) electrons. The van der Waals surface area contributed by atoms with Gasteiger partial charge in [-0.3, -0.25) is 19.8 Å². The van der Waals surface area contributed by atoms with Crippen molar-refractivity contribution in [2.75, 3.05) is 27.9 Å². The van der Waals surface area contributed by atoms with Crippen LogP contribution in [-0.2, 0) is 16.0 Å². The molecule has 0 unspecified atom stereocenters. The summed E-state index contributed by atoms with van der Waals surface area (Å²) in [4.78, 5) is 38.4. The van der Waals surface area contributed by atoms with Crippen molar-refractivity contribution in [3.63, 3.8) is 0 Å². The number of barbiturate groups is 1. The first kappa shape index (κ1) is 21.8. The molecule has 1 aliphatic heterocycles. The summed E-state index contributed by atoms with van der Waals surface area (Å²) in [6.07, 6.45) is 1.64. The molecule has 3 rings (SSSR count). The predicted octanol–water partition coefficient (Wildman–Crippen LogP) is 2.56. The van der Waals surface area contributed by atoms with Gasteiger partial charge >= 0.3 is 6.03 Å². The van der Waals surface area contributed by atoms with Crippen LogP contribution in [0.25, 0.3) is 6.08 Å². The van der Waals surface area contributed by atoms with Gasteiger partial charge in [-0.1, -0.05) is 12.1 Å². The minimum absolute atomic E-state index is 0.0178. The second-order valence-electron chi connectivity index (χ2n) is 6.60. The van der Waals surface area contributed by atoms with Crippen molar-refractivity contribution in [2.45, 2.75) is 6.42 Å². The Morgan fingerprint density at radius 2 is 1.55 bits per heavy atom. The molecule has 1 heterocycles.